The largest absolute Gasteiger partial charge is 0.481 e. The van der Waals surface area contributed by atoms with E-state index in [2.05, 4.69) is 33.6 Å². The summed E-state index contributed by atoms with van der Waals surface area (Å²) in [5, 5.41) is 2.24. The molecule has 6 nitrogen and oxygen atoms in total. The third-order valence-corrected chi connectivity index (χ3v) is 7.05. The molecule has 2 aliphatic heterocycles. The number of benzene rings is 1. The van der Waals surface area contributed by atoms with Gasteiger partial charge in [-0.1, -0.05) is 6.07 Å². The molecule has 2 aromatic rings. The average Bonchev–Trinajstić information content (AvgIpc) is 2.66. The summed E-state index contributed by atoms with van der Waals surface area (Å²) in [7, 11) is 1.66. The number of rotatable bonds is 4. The lowest BCUT2D eigenvalue weighted by atomic mass is 9.80. The minimum Gasteiger partial charge on any atom is -0.481 e. The van der Waals surface area contributed by atoms with Crippen LogP contribution in [0.15, 0.2) is 35.4 Å². The Kier molecular flexibility index (Phi) is 6.11. The molecule has 0 aliphatic carbocycles. The van der Waals surface area contributed by atoms with E-state index in [-0.39, 0.29) is 6.09 Å². The Bertz CT molecular complexity index is 900. The van der Waals surface area contributed by atoms with Crippen molar-refractivity contribution in [1.82, 2.24) is 14.2 Å². The van der Waals surface area contributed by atoms with E-state index in [9.17, 15) is 4.79 Å². The van der Waals surface area contributed by atoms with Crippen LogP contribution in [0.5, 0.6) is 5.88 Å². The fourth-order valence-corrected chi connectivity index (χ4v) is 5.34. The van der Waals surface area contributed by atoms with Crippen LogP contribution in [0.2, 0.25) is 0 Å². The Morgan fingerprint density at radius 1 is 1.10 bits per heavy atom. The highest BCUT2D eigenvalue weighted by Gasteiger charge is 2.39. The third-order valence-electron chi connectivity index (χ3n) is 5.88. The van der Waals surface area contributed by atoms with E-state index < -0.39 is 5.60 Å². The maximum absolute atomic E-state index is 12.2. The van der Waals surface area contributed by atoms with E-state index in [0.717, 1.165) is 31.6 Å². The molecule has 0 bridgehead atoms. The summed E-state index contributed by atoms with van der Waals surface area (Å²) in [5.41, 5.74) is -0.424. The molecule has 4 rings (SSSR count). The minimum absolute atomic E-state index is 0.174. The molecular weight excluding hydrogens is 398 g/mol. The molecule has 2 saturated heterocycles. The monoisotopic (exact) mass is 429 g/mol. The number of hydrogen-bond acceptors (Lipinski definition) is 6. The summed E-state index contributed by atoms with van der Waals surface area (Å²) in [6.45, 7) is 9.55. The smallest absolute Gasteiger partial charge is 0.410 e. The number of likely N-dealkylation sites (tertiary alicyclic amines) is 1. The van der Waals surface area contributed by atoms with E-state index in [1.54, 1.807) is 7.11 Å². The molecule has 3 heterocycles. The summed E-state index contributed by atoms with van der Waals surface area (Å²) in [5.74, 6) is 1.98. The van der Waals surface area contributed by atoms with E-state index in [0.29, 0.717) is 17.7 Å². The van der Waals surface area contributed by atoms with Gasteiger partial charge in [0.25, 0.3) is 0 Å². The number of hydrogen-bond donors (Lipinski definition) is 0. The minimum atomic E-state index is -0.424. The van der Waals surface area contributed by atoms with Crippen LogP contribution < -0.4 is 4.74 Å². The van der Waals surface area contributed by atoms with Gasteiger partial charge in [0.15, 0.2) is 0 Å². The van der Waals surface area contributed by atoms with Gasteiger partial charge in [0.2, 0.25) is 5.88 Å². The van der Waals surface area contributed by atoms with Crippen LogP contribution in [-0.4, -0.2) is 59.2 Å². The van der Waals surface area contributed by atoms with Crippen LogP contribution in [0.4, 0.5) is 4.79 Å². The van der Waals surface area contributed by atoms with Crippen molar-refractivity contribution in [2.75, 3.05) is 33.3 Å². The summed E-state index contributed by atoms with van der Waals surface area (Å²) < 4.78 is 13.3. The summed E-state index contributed by atoms with van der Waals surface area (Å²) in [4.78, 5) is 19.6. The van der Waals surface area contributed by atoms with Crippen LogP contribution in [0.3, 0.4) is 0 Å². The molecule has 30 heavy (non-hydrogen) atoms. The van der Waals surface area contributed by atoms with Gasteiger partial charge < -0.3 is 14.4 Å². The summed E-state index contributed by atoms with van der Waals surface area (Å²) >= 11 is 1.83. The van der Waals surface area contributed by atoms with Crippen LogP contribution >= 0.6 is 11.9 Å². The first kappa shape index (κ1) is 21.2. The predicted molar refractivity (Wildman–Crippen MR) is 120 cm³/mol. The topological polar surface area (TPSA) is 54.9 Å². The molecule has 0 saturated carbocycles. The first-order valence-electron chi connectivity index (χ1n) is 10.7. The first-order chi connectivity index (χ1) is 14.3. The number of fused-ring (bicyclic) bond motifs is 1. The highest BCUT2D eigenvalue weighted by molar-refractivity contribution is 7.97. The lowest BCUT2D eigenvalue weighted by Crippen LogP contribution is -2.55. The maximum Gasteiger partial charge on any atom is 0.410 e. The van der Waals surface area contributed by atoms with Gasteiger partial charge in [0.1, 0.15) is 5.60 Å². The molecule has 2 aliphatic rings. The normalized spacial score (nSPS) is 19.0. The number of carbonyl (C=O) groups is 1. The van der Waals surface area contributed by atoms with Crippen LogP contribution in [-0.2, 0) is 4.74 Å². The second kappa shape index (κ2) is 8.63. The Morgan fingerprint density at radius 3 is 2.50 bits per heavy atom. The molecular formula is C23H31N3O3S. The second-order valence-corrected chi connectivity index (χ2v) is 10.3. The van der Waals surface area contributed by atoms with Crippen LogP contribution in [0.25, 0.3) is 10.8 Å². The highest BCUT2D eigenvalue weighted by Crippen LogP contribution is 2.38. The maximum atomic E-state index is 12.2. The van der Waals surface area contributed by atoms with Crippen molar-refractivity contribution in [2.24, 2.45) is 11.8 Å². The zero-order chi connectivity index (χ0) is 21.3. The molecule has 2 fully saturated rings. The Labute approximate surface area is 183 Å². The van der Waals surface area contributed by atoms with Crippen molar-refractivity contribution in [2.45, 2.75) is 44.1 Å². The lowest BCUT2D eigenvalue weighted by molar-refractivity contribution is -0.0152. The second-order valence-electron chi connectivity index (χ2n) is 9.17. The van der Waals surface area contributed by atoms with Gasteiger partial charge in [0.05, 0.1) is 7.11 Å². The van der Waals surface area contributed by atoms with Crippen molar-refractivity contribution in [1.29, 1.82) is 0 Å². The fraction of sp³-hybridized carbons (Fsp3) is 0.565. The number of amides is 1. The molecule has 0 N–H and O–H groups in total. The SMILES string of the molecule is COc1nccc2c(SN3CCC(C4CN(C(=O)OC(C)(C)C)C4)CC3)cccc12. The summed E-state index contributed by atoms with van der Waals surface area (Å²) in [6, 6.07) is 8.36. The molecule has 162 valence electrons. The van der Waals surface area contributed by atoms with Crippen molar-refractivity contribution in [3.63, 3.8) is 0 Å². The first-order valence-corrected chi connectivity index (χ1v) is 11.4. The van der Waals surface area contributed by atoms with Crippen molar-refractivity contribution < 1.29 is 14.3 Å². The highest BCUT2D eigenvalue weighted by atomic mass is 32.2. The van der Waals surface area contributed by atoms with Gasteiger partial charge in [-0.2, -0.15) is 0 Å². The third kappa shape index (κ3) is 4.67. The van der Waals surface area contributed by atoms with Crippen molar-refractivity contribution in [3.05, 3.63) is 30.5 Å². The lowest BCUT2D eigenvalue weighted by Gasteiger charge is -2.45. The molecule has 0 unspecified atom stereocenters. The predicted octanol–water partition coefficient (Wildman–Crippen LogP) is 4.83. The van der Waals surface area contributed by atoms with E-state index in [1.165, 1.54) is 23.1 Å². The molecule has 1 amide bonds. The number of methoxy groups -OCH3 is 1. The number of piperidine rings is 1. The van der Waals surface area contributed by atoms with Crippen molar-refractivity contribution in [3.8, 4) is 5.88 Å². The number of pyridine rings is 1. The summed E-state index contributed by atoms with van der Waals surface area (Å²) in [6.07, 6.45) is 3.99. The van der Waals surface area contributed by atoms with Gasteiger partial charge in [0, 0.05) is 48.0 Å². The fourth-order valence-electron chi connectivity index (χ4n) is 4.26. The van der Waals surface area contributed by atoms with E-state index in [4.69, 9.17) is 9.47 Å². The Hall–Kier alpha value is -1.99. The number of aromatic nitrogens is 1. The molecule has 7 heteroatoms. The van der Waals surface area contributed by atoms with Gasteiger partial charge in [-0.05, 0) is 75.6 Å². The average molecular weight is 430 g/mol. The number of ether oxygens (including phenoxy) is 2. The van der Waals surface area contributed by atoms with Gasteiger partial charge in [-0.25, -0.2) is 14.1 Å². The van der Waals surface area contributed by atoms with Crippen molar-refractivity contribution >= 4 is 28.8 Å². The molecule has 0 radical (unpaired) electrons. The molecule has 0 spiro atoms. The van der Waals surface area contributed by atoms with Gasteiger partial charge in [-0.15, -0.1) is 0 Å². The standard InChI is InChI=1S/C23H31N3O3S/c1-23(2,3)29-22(27)25-14-17(15-25)16-9-12-26(13-10-16)30-20-7-5-6-19-18(20)8-11-24-21(19)28-4/h5-8,11,16-17H,9-10,12-15H2,1-4H3. The quantitative estimate of drug-likeness (QED) is 0.649. The van der Waals surface area contributed by atoms with Gasteiger partial charge >= 0.3 is 6.09 Å². The Morgan fingerprint density at radius 2 is 1.83 bits per heavy atom. The molecule has 1 aromatic heterocycles. The Balaban J connectivity index is 1.29. The molecule has 0 atom stereocenters. The zero-order valence-electron chi connectivity index (χ0n) is 18.3. The van der Waals surface area contributed by atoms with E-state index >= 15 is 0 Å². The number of nitrogens with zero attached hydrogens (tertiary/aromatic N) is 3. The molecule has 1 aromatic carbocycles. The zero-order valence-corrected chi connectivity index (χ0v) is 19.1. The number of carbonyl (C=O) groups excluding carboxylic acids is 1. The van der Waals surface area contributed by atoms with Crippen LogP contribution in [0.1, 0.15) is 33.6 Å². The van der Waals surface area contributed by atoms with Gasteiger partial charge in [-0.3, -0.25) is 0 Å². The van der Waals surface area contributed by atoms with Crippen LogP contribution in [0, 0.1) is 11.8 Å². The van der Waals surface area contributed by atoms with E-state index in [1.807, 2.05) is 43.8 Å².